The van der Waals surface area contributed by atoms with Crippen LogP contribution in [0.25, 0.3) is 0 Å². The summed E-state index contributed by atoms with van der Waals surface area (Å²) in [6, 6.07) is 0. The number of nitrogens with one attached hydrogen (secondary N) is 1. The van der Waals surface area contributed by atoms with E-state index < -0.39 is 5.97 Å². The second-order valence-corrected chi connectivity index (χ2v) is 1.70. The number of rotatable bonds is 3. The average Bonchev–Trinajstić information content (AvgIpc) is 1.91. The third kappa shape index (κ3) is 36.7. The van der Waals surface area contributed by atoms with E-state index in [1.807, 2.05) is 0 Å². The SMILES string of the molecule is CCC(=O)O.CCNCC.[Ca+2].[H-].[H-]. The van der Waals surface area contributed by atoms with Crippen LogP contribution in [-0.4, -0.2) is 61.9 Å². The molecule has 0 aliphatic carbocycles. The van der Waals surface area contributed by atoms with Crippen molar-refractivity contribution in [1.29, 1.82) is 0 Å². The monoisotopic (exact) mass is 189 g/mol. The van der Waals surface area contributed by atoms with Crippen molar-refractivity contribution in [2.75, 3.05) is 13.1 Å². The van der Waals surface area contributed by atoms with Crippen molar-refractivity contribution in [1.82, 2.24) is 5.32 Å². The van der Waals surface area contributed by atoms with Gasteiger partial charge in [-0.15, -0.1) is 0 Å². The van der Waals surface area contributed by atoms with Crippen LogP contribution in [0.5, 0.6) is 0 Å². The molecule has 11 heavy (non-hydrogen) atoms. The van der Waals surface area contributed by atoms with E-state index in [9.17, 15) is 4.79 Å². The summed E-state index contributed by atoms with van der Waals surface area (Å²) in [5.74, 6) is -0.745. The summed E-state index contributed by atoms with van der Waals surface area (Å²) in [6.45, 7) is 7.99. The molecule has 3 nitrogen and oxygen atoms in total. The van der Waals surface area contributed by atoms with Crippen LogP contribution in [0.1, 0.15) is 30.0 Å². The minimum Gasteiger partial charge on any atom is -1.00 e. The van der Waals surface area contributed by atoms with Crippen LogP contribution in [0.2, 0.25) is 0 Å². The Balaban J connectivity index is -0.0000000267. The molecule has 0 aliphatic rings. The van der Waals surface area contributed by atoms with Crippen LogP contribution in [-0.2, 0) is 4.79 Å². The Labute approximate surface area is 102 Å². The Bertz CT molecular complexity index is 84.9. The molecular formula is C7H19CaNO2. The van der Waals surface area contributed by atoms with Gasteiger partial charge in [0.05, 0.1) is 0 Å². The standard InChI is InChI=1S/C4H11N.C3H6O2.Ca.2H/c1-3-5-4-2;1-2-3(4)5;;;/h5H,3-4H2,1-2H3;2H2,1H3,(H,4,5);;;/q;;+2;2*-1. The zero-order valence-electron chi connectivity index (χ0n) is 9.68. The van der Waals surface area contributed by atoms with Gasteiger partial charge in [0.15, 0.2) is 0 Å². The molecule has 0 radical (unpaired) electrons. The number of aliphatic carboxylic acids is 1. The molecule has 0 rings (SSSR count). The zero-order chi connectivity index (χ0) is 8.41. The molecule has 0 aromatic rings. The summed E-state index contributed by atoms with van der Waals surface area (Å²) in [5, 5.41) is 10.8. The first kappa shape index (κ1) is 17.7. The normalized spacial score (nSPS) is 7.18. The molecule has 0 heterocycles. The Kier molecular flexibility index (Phi) is 27.3. The van der Waals surface area contributed by atoms with Crippen molar-refractivity contribution in [2.45, 2.75) is 27.2 Å². The van der Waals surface area contributed by atoms with Crippen LogP contribution in [0, 0.1) is 0 Å². The molecule has 0 amide bonds. The number of carboxylic acid groups (broad SMARTS) is 1. The molecule has 0 atom stereocenters. The molecule has 0 aliphatic heterocycles. The van der Waals surface area contributed by atoms with E-state index in [2.05, 4.69) is 19.2 Å². The quantitative estimate of drug-likeness (QED) is 0.650. The van der Waals surface area contributed by atoms with Gasteiger partial charge in [0, 0.05) is 6.42 Å². The topological polar surface area (TPSA) is 49.3 Å². The van der Waals surface area contributed by atoms with Crippen molar-refractivity contribution in [3.05, 3.63) is 0 Å². The molecule has 0 spiro atoms. The van der Waals surface area contributed by atoms with Crippen LogP contribution < -0.4 is 5.32 Å². The van der Waals surface area contributed by atoms with Gasteiger partial charge in [0.25, 0.3) is 0 Å². The molecule has 0 bridgehead atoms. The van der Waals surface area contributed by atoms with Gasteiger partial charge in [-0.05, 0) is 13.1 Å². The maximum absolute atomic E-state index is 9.37. The molecule has 66 valence electrons. The average molecular weight is 189 g/mol. The molecule has 0 fully saturated rings. The van der Waals surface area contributed by atoms with Gasteiger partial charge in [-0.25, -0.2) is 0 Å². The van der Waals surface area contributed by atoms with Crippen LogP contribution in [0.3, 0.4) is 0 Å². The maximum atomic E-state index is 9.37. The molecule has 0 unspecified atom stereocenters. The van der Waals surface area contributed by atoms with E-state index in [1.165, 1.54) is 0 Å². The fourth-order valence-electron chi connectivity index (χ4n) is 0.250. The number of hydrogen-bond donors (Lipinski definition) is 2. The number of carboxylic acids is 1. The first-order valence-corrected chi connectivity index (χ1v) is 3.61. The van der Waals surface area contributed by atoms with Crippen molar-refractivity contribution in [3.63, 3.8) is 0 Å². The van der Waals surface area contributed by atoms with E-state index in [4.69, 9.17) is 5.11 Å². The van der Waals surface area contributed by atoms with Crippen molar-refractivity contribution in [2.24, 2.45) is 0 Å². The summed E-state index contributed by atoms with van der Waals surface area (Å²) >= 11 is 0. The molecule has 0 aromatic carbocycles. The van der Waals surface area contributed by atoms with E-state index in [1.54, 1.807) is 6.92 Å². The first-order chi connectivity index (χ1) is 4.68. The summed E-state index contributed by atoms with van der Waals surface area (Å²) in [5.41, 5.74) is 0. The smallest absolute Gasteiger partial charge is 1.00 e. The molecule has 4 heteroatoms. The fourth-order valence-corrected chi connectivity index (χ4v) is 0.250. The van der Waals surface area contributed by atoms with Crippen LogP contribution in [0.4, 0.5) is 0 Å². The van der Waals surface area contributed by atoms with Crippen molar-refractivity contribution >= 4 is 43.7 Å². The minimum atomic E-state index is -0.745. The minimum absolute atomic E-state index is 0. The summed E-state index contributed by atoms with van der Waals surface area (Å²) < 4.78 is 0. The van der Waals surface area contributed by atoms with Crippen molar-refractivity contribution < 1.29 is 12.8 Å². The third-order valence-electron chi connectivity index (χ3n) is 0.802. The van der Waals surface area contributed by atoms with Crippen molar-refractivity contribution in [3.8, 4) is 0 Å². The van der Waals surface area contributed by atoms with E-state index in [-0.39, 0.29) is 47.0 Å². The predicted molar refractivity (Wildman–Crippen MR) is 50.1 cm³/mol. The first-order valence-electron chi connectivity index (χ1n) is 3.61. The molecule has 0 aromatic heterocycles. The van der Waals surface area contributed by atoms with Gasteiger partial charge in [-0.3, -0.25) is 4.79 Å². The van der Waals surface area contributed by atoms with Crippen LogP contribution >= 0.6 is 0 Å². The third-order valence-corrected chi connectivity index (χ3v) is 0.802. The van der Waals surface area contributed by atoms with Gasteiger partial charge in [0.1, 0.15) is 0 Å². The number of carbonyl (C=O) groups is 1. The maximum Gasteiger partial charge on any atom is 2.00 e. The Morgan fingerprint density at radius 1 is 1.36 bits per heavy atom. The van der Waals surface area contributed by atoms with Gasteiger partial charge < -0.3 is 13.3 Å². The van der Waals surface area contributed by atoms with Gasteiger partial charge in [-0.2, -0.15) is 0 Å². The van der Waals surface area contributed by atoms with Crippen LogP contribution in [0.15, 0.2) is 0 Å². The Hall–Kier alpha value is 0.690. The molecule has 0 saturated heterocycles. The van der Waals surface area contributed by atoms with E-state index in [0.717, 1.165) is 13.1 Å². The Morgan fingerprint density at radius 2 is 1.64 bits per heavy atom. The molecule has 0 saturated carbocycles. The predicted octanol–water partition coefficient (Wildman–Crippen LogP) is 0.941. The van der Waals surface area contributed by atoms with Gasteiger partial charge in [0.2, 0.25) is 0 Å². The molecular weight excluding hydrogens is 170 g/mol. The second-order valence-electron chi connectivity index (χ2n) is 1.70. The van der Waals surface area contributed by atoms with E-state index >= 15 is 0 Å². The zero-order valence-corrected chi connectivity index (χ0v) is 9.89. The summed E-state index contributed by atoms with van der Waals surface area (Å²) in [6.07, 6.45) is 0.222. The Morgan fingerprint density at radius 3 is 1.64 bits per heavy atom. The van der Waals surface area contributed by atoms with Gasteiger partial charge in [-0.1, -0.05) is 20.8 Å². The summed E-state index contributed by atoms with van der Waals surface area (Å²) in [4.78, 5) is 9.37. The largest absolute Gasteiger partial charge is 2.00 e. The number of hydrogen-bond acceptors (Lipinski definition) is 2. The van der Waals surface area contributed by atoms with E-state index in [0.29, 0.717) is 0 Å². The summed E-state index contributed by atoms with van der Waals surface area (Å²) in [7, 11) is 0. The van der Waals surface area contributed by atoms with Gasteiger partial charge >= 0.3 is 43.7 Å². The molecule has 2 N–H and O–H groups in total. The fraction of sp³-hybridized carbons (Fsp3) is 0.857. The second kappa shape index (κ2) is 17.0.